The summed E-state index contributed by atoms with van der Waals surface area (Å²) in [5.74, 6) is 0. The molecule has 0 aliphatic carbocycles. The predicted molar refractivity (Wildman–Crippen MR) is 81.5 cm³/mol. The lowest BCUT2D eigenvalue weighted by molar-refractivity contribution is -0.0810. The molecule has 0 bridgehead atoms. The first-order valence-electron chi connectivity index (χ1n) is 6.60. The second-order valence-corrected chi connectivity index (χ2v) is 6.18. The lowest BCUT2D eigenvalue weighted by Crippen LogP contribution is -2.28. The molecule has 0 aromatic heterocycles. The number of allylic oxidation sites excluding steroid dienone is 1. The molecule has 0 saturated carbocycles. The van der Waals surface area contributed by atoms with Gasteiger partial charge in [-0.2, -0.15) is 0 Å². The summed E-state index contributed by atoms with van der Waals surface area (Å²) >= 11 is 6.23. The molecule has 0 fully saturated rings. The summed E-state index contributed by atoms with van der Waals surface area (Å²) in [7, 11) is 0. The van der Waals surface area contributed by atoms with Crippen LogP contribution in [0.25, 0.3) is 0 Å². The third-order valence-electron chi connectivity index (χ3n) is 3.96. The van der Waals surface area contributed by atoms with Crippen LogP contribution >= 0.6 is 11.6 Å². The smallest absolute Gasteiger partial charge is 0.0714 e. The fourth-order valence-electron chi connectivity index (χ4n) is 1.77. The van der Waals surface area contributed by atoms with Crippen molar-refractivity contribution in [1.29, 1.82) is 0 Å². The quantitative estimate of drug-likeness (QED) is 0.759. The minimum atomic E-state index is -0.124. The van der Waals surface area contributed by atoms with E-state index in [1.54, 1.807) is 0 Å². The van der Waals surface area contributed by atoms with Crippen LogP contribution in [0.2, 0.25) is 5.02 Å². The van der Waals surface area contributed by atoms with Crippen LogP contribution in [0.1, 0.15) is 43.9 Å². The number of rotatable bonds is 5. The fourth-order valence-corrected chi connectivity index (χ4v) is 2.05. The molecule has 0 radical (unpaired) electrons. The first-order valence-corrected chi connectivity index (χ1v) is 6.98. The number of aryl methyl sites for hydroxylation is 2. The lowest BCUT2D eigenvalue weighted by Gasteiger charge is -2.32. The number of benzene rings is 1. The molecule has 1 N–H and O–H groups in total. The first-order chi connectivity index (χ1) is 8.69. The third kappa shape index (κ3) is 3.74. The number of hydrogen-bond acceptors (Lipinski definition) is 2. The van der Waals surface area contributed by atoms with Crippen LogP contribution in [0.5, 0.6) is 0 Å². The highest BCUT2D eigenvalue weighted by molar-refractivity contribution is 6.31. The van der Waals surface area contributed by atoms with Crippen LogP contribution in [0.3, 0.4) is 0 Å². The van der Waals surface area contributed by atoms with E-state index in [1.807, 2.05) is 26.0 Å². The van der Waals surface area contributed by atoms with E-state index in [0.717, 1.165) is 17.5 Å². The molecule has 3 heteroatoms. The van der Waals surface area contributed by atoms with Gasteiger partial charge in [0.1, 0.15) is 0 Å². The van der Waals surface area contributed by atoms with E-state index >= 15 is 0 Å². The maximum absolute atomic E-state index is 10.2. The molecular weight excluding hydrogens is 258 g/mol. The summed E-state index contributed by atoms with van der Waals surface area (Å²) in [6.45, 7) is 14.7. The highest BCUT2D eigenvalue weighted by Gasteiger charge is 2.24. The lowest BCUT2D eigenvalue weighted by atomic mass is 9.86. The topological polar surface area (TPSA) is 23.5 Å². The van der Waals surface area contributed by atoms with E-state index in [2.05, 4.69) is 27.4 Å². The molecule has 0 unspecified atom stereocenters. The normalized spacial score (nSPS) is 11.5. The molecule has 0 amide bonds. The van der Waals surface area contributed by atoms with Gasteiger partial charge in [0.25, 0.3) is 0 Å². The van der Waals surface area contributed by atoms with Gasteiger partial charge >= 0.3 is 0 Å². The minimum absolute atomic E-state index is 0.124. The zero-order valence-electron chi connectivity index (χ0n) is 12.5. The van der Waals surface area contributed by atoms with E-state index < -0.39 is 0 Å². The number of halogens is 1. The van der Waals surface area contributed by atoms with Gasteiger partial charge in [0, 0.05) is 16.1 Å². The summed E-state index contributed by atoms with van der Waals surface area (Å²) in [6, 6.07) is 3.96. The highest BCUT2D eigenvalue weighted by Crippen LogP contribution is 2.32. The summed E-state index contributed by atoms with van der Waals surface area (Å²) < 4.78 is 0. The maximum atomic E-state index is 10.2. The van der Waals surface area contributed by atoms with E-state index in [-0.39, 0.29) is 5.41 Å². The minimum Gasteiger partial charge on any atom is -0.288 e. The van der Waals surface area contributed by atoms with Crippen LogP contribution in [-0.4, -0.2) is 10.3 Å². The Bertz CT molecular complexity index is 480. The maximum Gasteiger partial charge on any atom is 0.0714 e. The second kappa shape index (κ2) is 5.98. The molecular formula is C16H24ClNO. The molecule has 19 heavy (non-hydrogen) atoms. The van der Waals surface area contributed by atoms with E-state index in [1.165, 1.54) is 10.6 Å². The zero-order chi connectivity index (χ0) is 14.8. The van der Waals surface area contributed by atoms with Crippen LogP contribution in [0.15, 0.2) is 24.4 Å². The van der Waals surface area contributed by atoms with Crippen LogP contribution in [0, 0.1) is 19.3 Å². The highest BCUT2D eigenvalue weighted by atomic mass is 35.5. The molecule has 0 heterocycles. The van der Waals surface area contributed by atoms with E-state index in [9.17, 15) is 5.21 Å². The molecule has 1 rings (SSSR count). The zero-order valence-corrected chi connectivity index (χ0v) is 13.3. The van der Waals surface area contributed by atoms with Crippen molar-refractivity contribution in [3.63, 3.8) is 0 Å². The number of hydroxylamine groups is 2. The molecule has 0 aliphatic heterocycles. The van der Waals surface area contributed by atoms with E-state index in [0.29, 0.717) is 17.3 Å². The van der Waals surface area contributed by atoms with Gasteiger partial charge < -0.3 is 0 Å². The van der Waals surface area contributed by atoms with Crippen molar-refractivity contribution in [1.82, 2.24) is 5.06 Å². The molecule has 0 atom stereocenters. The van der Waals surface area contributed by atoms with Crippen LogP contribution in [0.4, 0.5) is 0 Å². The van der Waals surface area contributed by atoms with Gasteiger partial charge in [-0.3, -0.25) is 10.3 Å². The Morgan fingerprint density at radius 1 is 1.32 bits per heavy atom. The number of nitrogens with zero attached hydrogens (tertiary/aromatic N) is 1. The average molecular weight is 282 g/mol. The van der Waals surface area contributed by atoms with Crippen molar-refractivity contribution in [2.24, 2.45) is 5.41 Å². The summed E-state index contributed by atoms with van der Waals surface area (Å²) in [4.78, 5) is 0. The molecule has 0 spiro atoms. The SMILES string of the molecule is C=C(N(O)Cc1cc(C)c(C)cc1Cl)C(C)(C)CC. The Kier molecular flexibility index (Phi) is 5.05. The van der Waals surface area contributed by atoms with Crippen molar-refractivity contribution in [2.45, 2.75) is 47.6 Å². The molecule has 1 aromatic carbocycles. The first kappa shape index (κ1) is 16.1. The van der Waals surface area contributed by atoms with Gasteiger partial charge in [-0.05, 0) is 43.0 Å². The van der Waals surface area contributed by atoms with Gasteiger partial charge in [0.05, 0.1) is 6.54 Å². The predicted octanol–water partition coefficient (Wildman–Crippen LogP) is 5.10. The number of hydrogen-bond donors (Lipinski definition) is 1. The molecule has 0 saturated heterocycles. The Morgan fingerprint density at radius 2 is 1.84 bits per heavy atom. The Balaban J connectivity index is 2.92. The summed E-state index contributed by atoms with van der Waals surface area (Å²) in [5, 5.41) is 12.1. The van der Waals surface area contributed by atoms with Crippen molar-refractivity contribution < 1.29 is 5.21 Å². The standard InChI is InChI=1S/C16H24ClNO/c1-7-16(5,6)13(4)18(19)10-14-8-11(2)12(3)9-15(14)17/h8-9,19H,4,7,10H2,1-3,5-6H3. The second-order valence-electron chi connectivity index (χ2n) is 5.77. The van der Waals surface area contributed by atoms with Crippen molar-refractivity contribution in [3.05, 3.63) is 46.1 Å². The third-order valence-corrected chi connectivity index (χ3v) is 4.31. The molecule has 2 nitrogen and oxygen atoms in total. The van der Waals surface area contributed by atoms with Crippen LogP contribution < -0.4 is 0 Å². The van der Waals surface area contributed by atoms with Gasteiger partial charge in [-0.25, -0.2) is 0 Å². The Hall–Kier alpha value is -0.990. The fraction of sp³-hybridized carbons (Fsp3) is 0.500. The van der Waals surface area contributed by atoms with Crippen molar-refractivity contribution >= 4 is 11.6 Å². The Morgan fingerprint density at radius 3 is 2.37 bits per heavy atom. The molecule has 0 aliphatic rings. The largest absolute Gasteiger partial charge is 0.288 e. The molecule has 1 aromatic rings. The van der Waals surface area contributed by atoms with Crippen molar-refractivity contribution in [3.8, 4) is 0 Å². The Labute approximate surface area is 121 Å². The monoisotopic (exact) mass is 281 g/mol. The van der Waals surface area contributed by atoms with Crippen LogP contribution in [-0.2, 0) is 6.54 Å². The van der Waals surface area contributed by atoms with Gasteiger partial charge in [-0.15, -0.1) is 0 Å². The van der Waals surface area contributed by atoms with Crippen molar-refractivity contribution in [2.75, 3.05) is 0 Å². The van der Waals surface area contributed by atoms with E-state index in [4.69, 9.17) is 11.6 Å². The van der Waals surface area contributed by atoms with Gasteiger partial charge in [0.15, 0.2) is 0 Å². The summed E-state index contributed by atoms with van der Waals surface area (Å²) in [6.07, 6.45) is 0.920. The van der Waals surface area contributed by atoms with Gasteiger partial charge in [0.2, 0.25) is 0 Å². The summed E-state index contributed by atoms with van der Waals surface area (Å²) in [5.41, 5.74) is 3.84. The van der Waals surface area contributed by atoms with Gasteiger partial charge in [-0.1, -0.05) is 45.0 Å². The average Bonchev–Trinajstić information content (AvgIpc) is 2.34. The molecule has 106 valence electrons.